The molecule has 1 aromatic carbocycles. The third-order valence-corrected chi connectivity index (χ3v) is 3.31. The van der Waals surface area contributed by atoms with Crippen LogP contribution in [-0.4, -0.2) is 18.0 Å². The highest BCUT2D eigenvalue weighted by Crippen LogP contribution is 2.34. The maximum absolute atomic E-state index is 12.6. The molecule has 20 heavy (non-hydrogen) atoms. The summed E-state index contributed by atoms with van der Waals surface area (Å²) in [5.74, 6) is -0.249. The number of carbonyl (C=O) groups is 1. The minimum Gasteiger partial charge on any atom is -0.373 e. The van der Waals surface area contributed by atoms with E-state index in [1.807, 2.05) is 0 Å². The summed E-state index contributed by atoms with van der Waals surface area (Å²) >= 11 is 5.85. The minimum absolute atomic E-state index is 0.0972. The Morgan fingerprint density at radius 2 is 2.05 bits per heavy atom. The zero-order valence-electron chi connectivity index (χ0n) is 10.7. The van der Waals surface area contributed by atoms with Crippen molar-refractivity contribution in [3.8, 4) is 0 Å². The van der Waals surface area contributed by atoms with Gasteiger partial charge < -0.3 is 10.6 Å². The molecule has 1 unspecified atom stereocenters. The molecule has 7 heteroatoms. The maximum Gasteiger partial charge on any atom is 0.416 e. The van der Waals surface area contributed by atoms with Crippen LogP contribution in [0.5, 0.6) is 0 Å². The minimum atomic E-state index is -4.44. The molecule has 2 rings (SSSR count). The Kier molecular flexibility index (Phi) is 4.13. The van der Waals surface area contributed by atoms with E-state index in [1.54, 1.807) is 6.92 Å². The van der Waals surface area contributed by atoms with Crippen molar-refractivity contribution in [2.75, 3.05) is 5.32 Å². The number of amides is 1. The van der Waals surface area contributed by atoms with Crippen molar-refractivity contribution in [2.45, 2.75) is 38.0 Å². The molecule has 1 amide bonds. The molecule has 1 aromatic rings. The van der Waals surface area contributed by atoms with Crippen LogP contribution < -0.4 is 10.6 Å². The van der Waals surface area contributed by atoms with Gasteiger partial charge in [0.15, 0.2) is 0 Å². The fourth-order valence-corrected chi connectivity index (χ4v) is 1.84. The summed E-state index contributed by atoms with van der Waals surface area (Å²) in [6.07, 6.45) is -2.55. The first-order valence-corrected chi connectivity index (χ1v) is 6.59. The highest BCUT2D eigenvalue weighted by molar-refractivity contribution is 6.33. The number of nitrogens with one attached hydrogen (secondary N) is 2. The number of anilines is 1. The lowest BCUT2D eigenvalue weighted by Gasteiger charge is -2.17. The van der Waals surface area contributed by atoms with Crippen molar-refractivity contribution in [2.24, 2.45) is 0 Å². The zero-order chi connectivity index (χ0) is 14.9. The summed E-state index contributed by atoms with van der Waals surface area (Å²) in [7, 11) is 0. The van der Waals surface area contributed by atoms with Gasteiger partial charge in [0.25, 0.3) is 0 Å². The number of rotatable bonds is 4. The Hall–Kier alpha value is -1.43. The van der Waals surface area contributed by atoms with Crippen LogP contribution >= 0.6 is 11.6 Å². The van der Waals surface area contributed by atoms with Crippen LogP contribution in [0, 0.1) is 0 Å². The van der Waals surface area contributed by atoms with Gasteiger partial charge in [-0.15, -0.1) is 0 Å². The van der Waals surface area contributed by atoms with Gasteiger partial charge in [0.1, 0.15) is 6.04 Å². The summed E-state index contributed by atoms with van der Waals surface area (Å²) in [5.41, 5.74) is -0.709. The van der Waals surface area contributed by atoms with Crippen molar-refractivity contribution < 1.29 is 18.0 Å². The van der Waals surface area contributed by atoms with E-state index in [0.717, 1.165) is 31.0 Å². The molecule has 0 bridgehead atoms. The monoisotopic (exact) mass is 306 g/mol. The average Bonchev–Trinajstić information content (AvgIpc) is 3.14. The van der Waals surface area contributed by atoms with E-state index < -0.39 is 17.8 Å². The summed E-state index contributed by atoms with van der Waals surface area (Å²) in [5, 5.41) is 5.63. The van der Waals surface area contributed by atoms with Crippen LogP contribution in [0.1, 0.15) is 25.3 Å². The molecule has 0 radical (unpaired) electrons. The molecule has 1 aliphatic carbocycles. The van der Waals surface area contributed by atoms with Crippen LogP contribution in [0.15, 0.2) is 18.2 Å². The van der Waals surface area contributed by atoms with Gasteiger partial charge in [-0.25, -0.2) is 0 Å². The third kappa shape index (κ3) is 3.79. The van der Waals surface area contributed by atoms with Gasteiger partial charge in [0.05, 0.1) is 16.3 Å². The molecule has 0 spiro atoms. The summed E-state index contributed by atoms with van der Waals surface area (Å²) in [6, 6.07) is 2.52. The number of carbonyl (C=O) groups excluding carboxylic acids is 1. The van der Waals surface area contributed by atoms with Gasteiger partial charge in [-0.3, -0.25) is 4.79 Å². The molecule has 0 aliphatic heterocycles. The van der Waals surface area contributed by atoms with Crippen LogP contribution in [0.3, 0.4) is 0 Å². The average molecular weight is 307 g/mol. The first-order chi connectivity index (χ1) is 9.27. The molecular weight excluding hydrogens is 293 g/mol. The third-order valence-electron chi connectivity index (χ3n) is 2.98. The molecule has 0 aromatic heterocycles. The van der Waals surface area contributed by atoms with E-state index in [0.29, 0.717) is 0 Å². The summed E-state index contributed by atoms with van der Waals surface area (Å²) in [6.45, 7) is 1.58. The van der Waals surface area contributed by atoms with Crippen LogP contribution in [0.4, 0.5) is 18.9 Å². The fraction of sp³-hybridized carbons (Fsp3) is 0.462. The number of alkyl halides is 3. The number of hydrogen-bond acceptors (Lipinski definition) is 2. The molecule has 1 atom stereocenters. The predicted octanol–water partition coefficient (Wildman–Crippen LogP) is 3.44. The number of hydrogen-bond donors (Lipinski definition) is 2. The molecular formula is C13H14ClF3N2O. The van der Waals surface area contributed by atoms with Crippen molar-refractivity contribution in [1.29, 1.82) is 0 Å². The topological polar surface area (TPSA) is 41.1 Å². The first kappa shape index (κ1) is 15.0. The molecule has 2 N–H and O–H groups in total. The molecule has 1 fully saturated rings. The van der Waals surface area contributed by atoms with Crippen molar-refractivity contribution in [1.82, 2.24) is 5.32 Å². The molecule has 110 valence electrons. The van der Waals surface area contributed by atoms with Gasteiger partial charge in [0, 0.05) is 6.04 Å². The quantitative estimate of drug-likeness (QED) is 0.894. The van der Waals surface area contributed by atoms with Crippen molar-refractivity contribution in [3.05, 3.63) is 28.8 Å². The number of halogens is 4. The lowest BCUT2D eigenvalue weighted by atomic mass is 10.1. The van der Waals surface area contributed by atoms with E-state index in [4.69, 9.17) is 11.6 Å². The Labute approximate surface area is 119 Å². The highest BCUT2D eigenvalue weighted by atomic mass is 35.5. The van der Waals surface area contributed by atoms with Crippen LogP contribution in [-0.2, 0) is 11.0 Å². The van der Waals surface area contributed by atoms with Gasteiger partial charge >= 0.3 is 6.18 Å². The van der Waals surface area contributed by atoms with Gasteiger partial charge in [-0.1, -0.05) is 11.6 Å². The highest BCUT2D eigenvalue weighted by Gasteiger charge is 2.31. The standard InChI is InChI=1S/C13H14ClF3N2O/c1-7(12(20)19-9-3-4-9)18-11-6-8(13(15,16)17)2-5-10(11)14/h2,5-7,9,18H,3-4H2,1H3,(H,19,20). The second kappa shape index (κ2) is 5.52. The molecule has 3 nitrogen and oxygen atoms in total. The Morgan fingerprint density at radius 3 is 2.60 bits per heavy atom. The maximum atomic E-state index is 12.6. The molecule has 0 heterocycles. The Morgan fingerprint density at radius 1 is 1.40 bits per heavy atom. The lowest BCUT2D eigenvalue weighted by Crippen LogP contribution is -2.38. The van der Waals surface area contributed by atoms with E-state index in [2.05, 4.69) is 10.6 Å². The van der Waals surface area contributed by atoms with E-state index in [1.165, 1.54) is 0 Å². The van der Waals surface area contributed by atoms with Gasteiger partial charge in [0.2, 0.25) is 5.91 Å². The molecule has 1 aliphatic rings. The number of benzene rings is 1. The second-order valence-corrected chi connectivity index (χ2v) is 5.25. The lowest BCUT2D eigenvalue weighted by molar-refractivity contribution is -0.137. The van der Waals surface area contributed by atoms with Gasteiger partial charge in [-0.05, 0) is 38.0 Å². The SMILES string of the molecule is CC(Nc1cc(C(F)(F)F)ccc1Cl)C(=O)NC1CC1. The normalized spacial score (nSPS) is 16.6. The van der Waals surface area contributed by atoms with E-state index in [9.17, 15) is 18.0 Å². The Balaban J connectivity index is 2.09. The fourth-order valence-electron chi connectivity index (χ4n) is 1.66. The van der Waals surface area contributed by atoms with Crippen molar-refractivity contribution in [3.63, 3.8) is 0 Å². The molecule has 1 saturated carbocycles. The van der Waals surface area contributed by atoms with E-state index >= 15 is 0 Å². The molecule has 0 saturated heterocycles. The Bertz CT molecular complexity index is 515. The summed E-state index contributed by atoms with van der Waals surface area (Å²) < 4.78 is 37.9. The summed E-state index contributed by atoms with van der Waals surface area (Å²) in [4.78, 5) is 11.8. The largest absolute Gasteiger partial charge is 0.416 e. The van der Waals surface area contributed by atoms with Gasteiger partial charge in [-0.2, -0.15) is 13.2 Å². The predicted molar refractivity (Wildman–Crippen MR) is 70.7 cm³/mol. The zero-order valence-corrected chi connectivity index (χ0v) is 11.5. The van der Waals surface area contributed by atoms with E-state index in [-0.39, 0.29) is 22.7 Å². The smallest absolute Gasteiger partial charge is 0.373 e. The first-order valence-electron chi connectivity index (χ1n) is 6.21. The van der Waals surface area contributed by atoms with Crippen LogP contribution in [0.2, 0.25) is 5.02 Å². The second-order valence-electron chi connectivity index (χ2n) is 4.84. The van der Waals surface area contributed by atoms with Crippen LogP contribution in [0.25, 0.3) is 0 Å². The van der Waals surface area contributed by atoms with Crippen molar-refractivity contribution >= 4 is 23.2 Å².